The molecule has 218 valence electrons. The molecular weight excluding hydrogens is 585 g/mol. The Morgan fingerprint density at radius 2 is 0.946 bits per heavy atom. The molecule has 1 rings (SSSR count). The molecule has 0 aromatic carbocycles. The molecule has 1 aliphatic carbocycles. The fraction of sp³-hybridized carbons (Fsp3) is 0.812. The van der Waals surface area contributed by atoms with E-state index in [-0.39, 0.29) is 0 Å². The lowest BCUT2D eigenvalue weighted by atomic mass is 9.84. The molecule has 0 saturated heterocycles. The third kappa shape index (κ3) is 4.36. The third-order valence-electron chi connectivity index (χ3n) is 5.25. The van der Waals surface area contributed by atoms with Gasteiger partial charge in [-0.05, 0) is 18.8 Å². The lowest BCUT2D eigenvalue weighted by Gasteiger charge is -2.44. The van der Waals surface area contributed by atoms with Crippen LogP contribution in [-0.4, -0.2) is 64.6 Å². The highest BCUT2D eigenvalue weighted by atomic mass is 19.4. The number of rotatable bonds is 10. The Kier molecular flexibility index (Phi) is 7.74. The van der Waals surface area contributed by atoms with Gasteiger partial charge in [-0.2, -0.15) is 83.4 Å². The molecular formula is C16H9F19O2. The van der Waals surface area contributed by atoms with E-state index in [9.17, 15) is 88.2 Å². The van der Waals surface area contributed by atoms with E-state index in [0.717, 1.165) is 0 Å². The van der Waals surface area contributed by atoms with Gasteiger partial charge in [-0.25, -0.2) is 4.79 Å². The molecule has 0 spiro atoms. The molecule has 0 radical (unpaired) electrons. The van der Waals surface area contributed by atoms with Gasteiger partial charge in [0.1, 0.15) is 0 Å². The van der Waals surface area contributed by atoms with E-state index in [1.807, 2.05) is 0 Å². The van der Waals surface area contributed by atoms with Gasteiger partial charge in [-0.1, -0.05) is 6.08 Å². The molecule has 37 heavy (non-hydrogen) atoms. The molecule has 0 heterocycles. The number of hydrogen-bond donors (Lipinski definition) is 1. The number of carbonyl (C=O) groups is 1. The average Bonchev–Trinajstić information content (AvgIpc) is 3.13. The number of hydrogen-bond acceptors (Lipinski definition) is 1. The van der Waals surface area contributed by atoms with Crippen LogP contribution in [0.5, 0.6) is 0 Å². The summed E-state index contributed by atoms with van der Waals surface area (Å²) in [4.78, 5) is 10.8. The number of halogens is 19. The van der Waals surface area contributed by atoms with Crippen LogP contribution in [0.3, 0.4) is 0 Å². The largest absolute Gasteiger partial charge is 0.478 e. The SMILES string of the molecule is O=C(O)C1=CCCC1CC(F)(F)C(F)(F)C(F)(F)C(F)(F)C(F)(F)C(F)(F)C(F)(F)C(F)(F)C(F)(F)F. The van der Waals surface area contributed by atoms with Crippen molar-refractivity contribution in [2.75, 3.05) is 0 Å². The maximum absolute atomic E-state index is 13.9. The molecule has 0 bridgehead atoms. The zero-order valence-electron chi connectivity index (χ0n) is 16.8. The molecule has 0 aliphatic heterocycles. The Hall–Kier alpha value is -2.12. The maximum atomic E-state index is 13.9. The predicted octanol–water partition coefficient (Wildman–Crippen LogP) is 7.44. The minimum absolute atomic E-state index is 0.493. The standard InChI is InChI=1S/C16H9F19O2/c17-8(18,4-5-2-1-3-6(5)7(36)37)9(19,20)10(21,22)11(23,24)12(25,26)13(27,28)14(29,30)15(31,32)16(33,34)35/h3,5H,1-2,4H2,(H,36,37). The zero-order valence-corrected chi connectivity index (χ0v) is 16.8. The van der Waals surface area contributed by atoms with E-state index >= 15 is 0 Å². The van der Waals surface area contributed by atoms with Gasteiger partial charge in [0.2, 0.25) is 0 Å². The smallest absolute Gasteiger partial charge is 0.460 e. The van der Waals surface area contributed by atoms with Crippen molar-refractivity contribution in [2.24, 2.45) is 5.92 Å². The highest BCUT2D eigenvalue weighted by Gasteiger charge is 2.96. The predicted molar refractivity (Wildman–Crippen MR) is 78.7 cm³/mol. The van der Waals surface area contributed by atoms with Gasteiger partial charge in [-0.3, -0.25) is 0 Å². The minimum Gasteiger partial charge on any atom is -0.478 e. The second kappa shape index (κ2) is 8.70. The first-order valence-corrected chi connectivity index (χ1v) is 8.92. The summed E-state index contributed by atoms with van der Waals surface area (Å²) in [5.41, 5.74) is -1.17. The van der Waals surface area contributed by atoms with Gasteiger partial charge in [-0.15, -0.1) is 0 Å². The van der Waals surface area contributed by atoms with Crippen molar-refractivity contribution in [1.82, 2.24) is 0 Å². The van der Waals surface area contributed by atoms with Crippen LogP contribution in [0.1, 0.15) is 19.3 Å². The monoisotopic (exact) mass is 594 g/mol. The molecule has 1 aliphatic rings. The van der Waals surface area contributed by atoms with Crippen LogP contribution in [-0.2, 0) is 4.79 Å². The Balaban J connectivity index is 3.62. The molecule has 0 saturated carbocycles. The van der Waals surface area contributed by atoms with Crippen molar-refractivity contribution < 1.29 is 93.3 Å². The van der Waals surface area contributed by atoms with Gasteiger partial charge in [0.05, 0.1) is 0 Å². The highest BCUT2D eigenvalue weighted by molar-refractivity contribution is 5.87. The molecule has 1 unspecified atom stereocenters. The quantitative estimate of drug-likeness (QED) is 0.267. The van der Waals surface area contributed by atoms with Gasteiger partial charge < -0.3 is 5.11 Å². The van der Waals surface area contributed by atoms with Gasteiger partial charge in [0.15, 0.2) is 0 Å². The fourth-order valence-corrected chi connectivity index (χ4v) is 3.07. The number of alkyl halides is 19. The van der Waals surface area contributed by atoms with Crippen LogP contribution in [0.15, 0.2) is 11.6 Å². The summed E-state index contributed by atoms with van der Waals surface area (Å²) in [6.07, 6.45) is -11.5. The van der Waals surface area contributed by atoms with Gasteiger partial charge >= 0.3 is 59.5 Å². The van der Waals surface area contributed by atoms with E-state index < -0.39 is 90.3 Å². The van der Waals surface area contributed by atoms with Crippen LogP contribution < -0.4 is 0 Å². The molecule has 0 fully saturated rings. The number of carboxylic acid groups (broad SMARTS) is 1. The summed E-state index contributed by atoms with van der Waals surface area (Å²) < 4.78 is 252. The third-order valence-corrected chi connectivity index (χ3v) is 5.25. The van der Waals surface area contributed by atoms with Crippen molar-refractivity contribution in [3.05, 3.63) is 11.6 Å². The van der Waals surface area contributed by atoms with Crippen LogP contribution in [0.2, 0.25) is 0 Å². The summed E-state index contributed by atoms with van der Waals surface area (Å²) in [6, 6.07) is 0. The first-order chi connectivity index (χ1) is 15.9. The lowest BCUT2D eigenvalue weighted by molar-refractivity contribution is -0.469. The van der Waals surface area contributed by atoms with Crippen molar-refractivity contribution in [2.45, 2.75) is 72.8 Å². The second-order valence-corrected chi connectivity index (χ2v) is 7.67. The summed E-state index contributed by atoms with van der Waals surface area (Å²) in [5, 5.41) is 8.70. The number of allylic oxidation sites excluding steroid dienone is 1. The molecule has 2 nitrogen and oxygen atoms in total. The molecule has 0 amide bonds. The highest BCUT2D eigenvalue weighted by Crippen LogP contribution is 2.65. The van der Waals surface area contributed by atoms with E-state index in [1.54, 1.807) is 0 Å². The zero-order chi connectivity index (χ0) is 30.1. The van der Waals surface area contributed by atoms with E-state index in [1.165, 1.54) is 0 Å². The van der Waals surface area contributed by atoms with Crippen molar-refractivity contribution >= 4 is 5.97 Å². The molecule has 1 atom stereocenters. The first-order valence-electron chi connectivity index (χ1n) is 8.92. The van der Waals surface area contributed by atoms with E-state index in [0.29, 0.717) is 6.08 Å². The molecule has 0 aromatic rings. The van der Waals surface area contributed by atoms with Crippen LogP contribution in [0.4, 0.5) is 83.4 Å². The number of aliphatic carboxylic acids is 1. The average molecular weight is 594 g/mol. The van der Waals surface area contributed by atoms with Crippen molar-refractivity contribution in [3.8, 4) is 0 Å². The van der Waals surface area contributed by atoms with Crippen LogP contribution in [0.25, 0.3) is 0 Å². The second-order valence-electron chi connectivity index (χ2n) is 7.67. The Morgan fingerprint density at radius 1 is 0.622 bits per heavy atom. The summed E-state index contributed by atoms with van der Waals surface area (Å²) >= 11 is 0. The molecule has 1 N–H and O–H groups in total. The van der Waals surface area contributed by atoms with Gasteiger partial charge in [0, 0.05) is 12.0 Å². The van der Waals surface area contributed by atoms with E-state index in [4.69, 9.17) is 5.11 Å². The van der Waals surface area contributed by atoms with Crippen LogP contribution in [0, 0.1) is 5.92 Å². The first kappa shape index (κ1) is 32.9. The van der Waals surface area contributed by atoms with Crippen molar-refractivity contribution in [1.29, 1.82) is 0 Å². The summed E-state index contributed by atoms with van der Waals surface area (Å²) in [5.74, 6) is -71.5. The normalized spacial score (nSPS) is 19.8. The Labute approximate surface area is 191 Å². The van der Waals surface area contributed by atoms with Crippen LogP contribution >= 0.6 is 0 Å². The van der Waals surface area contributed by atoms with E-state index in [2.05, 4.69) is 0 Å². The molecule has 21 heteroatoms. The molecule has 0 aromatic heterocycles. The summed E-state index contributed by atoms with van der Waals surface area (Å²) in [6.45, 7) is 0. The van der Waals surface area contributed by atoms with Gasteiger partial charge in [0.25, 0.3) is 0 Å². The minimum atomic E-state index is -8.97. The lowest BCUT2D eigenvalue weighted by Crippen LogP contribution is -2.75. The Morgan fingerprint density at radius 3 is 1.27 bits per heavy atom. The fourth-order valence-electron chi connectivity index (χ4n) is 3.07. The van der Waals surface area contributed by atoms with Crippen molar-refractivity contribution in [3.63, 3.8) is 0 Å². The number of carboxylic acids is 1. The topological polar surface area (TPSA) is 37.3 Å². The Bertz CT molecular complexity index is 914. The summed E-state index contributed by atoms with van der Waals surface area (Å²) in [7, 11) is 0. The maximum Gasteiger partial charge on any atom is 0.460 e.